The second-order valence-electron chi connectivity index (χ2n) is 4.77. The molecule has 0 bridgehead atoms. The first-order valence-electron chi connectivity index (χ1n) is 5.99. The maximum absolute atomic E-state index is 13.3. The van der Waals surface area contributed by atoms with Crippen molar-refractivity contribution >= 4 is 27.5 Å². The Kier molecular flexibility index (Phi) is 4.02. The second kappa shape index (κ2) is 5.36. The number of hydrogen-bond donors (Lipinski definition) is 2. The van der Waals surface area contributed by atoms with Crippen molar-refractivity contribution in [2.75, 3.05) is 11.9 Å². The lowest BCUT2D eigenvalue weighted by molar-refractivity contribution is -0.118. The summed E-state index contributed by atoms with van der Waals surface area (Å²) in [4.78, 5) is 12.1. The SMILES string of the molecule is Cc1cc(F)c(Br)cc1NC(=O)C1NCCC1C. The maximum Gasteiger partial charge on any atom is 0.241 e. The molecule has 1 fully saturated rings. The van der Waals surface area contributed by atoms with Gasteiger partial charge in [0.25, 0.3) is 0 Å². The lowest BCUT2D eigenvalue weighted by atomic mass is 10.0. The largest absolute Gasteiger partial charge is 0.324 e. The molecule has 0 radical (unpaired) electrons. The number of rotatable bonds is 2. The highest BCUT2D eigenvalue weighted by molar-refractivity contribution is 9.10. The van der Waals surface area contributed by atoms with Crippen molar-refractivity contribution in [3.05, 3.63) is 28.0 Å². The maximum atomic E-state index is 13.3. The molecule has 0 aromatic heterocycles. The number of aryl methyl sites for hydroxylation is 1. The molecule has 1 aromatic carbocycles. The van der Waals surface area contributed by atoms with Gasteiger partial charge in [-0.15, -0.1) is 0 Å². The molecule has 0 aliphatic carbocycles. The van der Waals surface area contributed by atoms with E-state index in [4.69, 9.17) is 0 Å². The molecule has 2 unspecified atom stereocenters. The van der Waals surface area contributed by atoms with E-state index in [9.17, 15) is 9.18 Å². The summed E-state index contributed by atoms with van der Waals surface area (Å²) in [6.07, 6.45) is 1.00. The molecule has 5 heteroatoms. The van der Waals surface area contributed by atoms with E-state index < -0.39 is 0 Å². The zero-order valence-electron chi connectivity index (χ0n) is 10.4. The summed E-state index contributed by atoms with van der Waals surface area (Å²) in [6, 6.07) is 2.85. The number of halogens is 2. The van der Waals surface area contributed by atoms with E-state index in [-0.39, 0.29) is 17.8 Å². The number of hydrogen-bond acceptors (Lipinski definition) is 2. The van der Waals surface area contributed by atoms with Gasteiger partial charge in [0.1, 0.15) is 5.82 Å². The van der Waals surface area contributed by atoms with Crippen LogP contribution in [0.4, 0.5) is 10.1 Å². The van der Waals surface area contributed by atoms with Crippen LogP contribution in [-0.2, 0) is 4.79 Å². The molecule has 2 N–H and O–H groups in total. The molecule has 1 aromatic rings. The van der Waals surface area contributed by atoms with Crippen molar-refractivity contribution in [1.29, 1.82) is 0 Å². The molecule has 18 heavy (non-hydrogen) atoms. The van der Waals surface area contributed by atoms with Gasteiger partial charge in [0.2, 0.25) is 5.91 Å². The number of anilines is 1. The Labute approximate surface area is 114 Å². The summed E-state index contributed by atoms with van der Waals surface area (Å²) in [7, 11) is 0. The van der Waals surface area contributed by atoms with Gasteiger partial charge in [0, 0.05) is 5.69 Å². The summed E-state index contributed by atoms with van der Waals surface area (Å²) in [5.74, 6) is -0.0475. The van der Waals surface area contributed by atoms with Crippen molar-refractivity contribution < 1.29 is 9.18 Å². The van der Waals surface area contributed by atoms with Gasteiger partial charge in [-0.2, -0.15) is 0 Å². The van der Waals surface area contributed by atoms with Crippen LogP contribution in [0.1, 0.15) is 18.9 Å². The van der Waals surface area contributed by atoms with Gasteiger partial charge in [-0.3, -0.25) is 4.79 Å². The van der Waals surface area contributed by atoms with Crippen molar-refractivity contribution in [2.45, 2.75) is 26.3 Å². The van der Waals surface area contributed by atoms with Gasteiger partial charge in [-0.1, -0.05) is 6.92 Å². The Morgan fingerprint density at radius 1 is 1.56 bits per heavy atom. The zero-order valence-corrected chi connectivity index (χ0v) is 12.0. The first-order valence-corrected chi connectivity index (χ1v) is 6.78. The van der Waals surface area contributed by atoms with E-state index >= 15 is 0 Å². The molecule has 1 amide bonds. The van der Waals surface area contributed by atoms with E-state index in [1.54, 1.807) is 13.0 Å². The average Bonchev–Trinajstić information content (AvgIpc) is 2.72. The van der Waals surface area contributed by atoms with Crippen LogP contribution in [0.15, 0.2) is 16.6 Å². The number of amides is 1. The van der Waals surface area contributed by atoms with Crippen LogP contribution in [-0.4, -0.2) is 18.5 Å². The highest BCUT2D eigenvalue weighted by atomic mass is 79.9. The van der Waals surface area contributed by atoms with Crippen LogP contribution in [0.25, 0.3) is 0 Å². The molecule has 2 atom stereocenters. The quantitative estimate of drug-likeness (QED) is 0.881. The topological polar surface area (TPSA) is 41.1 Å². The molecule has 1 heterocycles. The van der Waals surface area contributed by atoms with Crippen LogP contribution in [0.3, 0.4) is 0 Å². The molecular formula is C13H16BrFN2O. The first-order chi connectivity index (χ1) is 8.49. The van der Waals surface area contributed by atoms with Crippen LogP contribution in [0.2, 0.25) is 0 Å². The summed E-state index contributed by atoms with van der Waals surface area (Å²) in [5, 5.41) is 6.03. The standard InChI is InChI=1S/C13H16BrFN2O/c1-7-3-4-16-12(7)13(18)17-11-6-9(14)10(15)5-8(11)2/h5-7,12,16H,3-4H2,1-2H3,(H,17,18). The highest BCUT2D eigenvalue weighted by Crippen LogP contribution is 2.25. The Morgan fingerprint density at radius 3 is 2.89 bits per heavy atom. The molecule has 1 saturated heterocycles. The highest BCUT2D eigenvalue weighted by Gasteiger charge is 2.29. The monoisotopic (exact) mass is 314 g/mol. The number of carbonyl (C=O) groups excluding carboxylic acids is 1. The van der Waals surface area contributed by atoms with Gasteiger partial charge in [0.05, 0.1) is 10.5 Å². The van der Waals surface area contributed by atoms with E-state index in [0.717, 1.165) is 18.5 Å². The van der Waals surface area contributed by atoms with Crippen molar-refractivity contribution in [1.82, 2.24) is 5.32 Å². The van der Waals surface area contributed by atoms with Gasteiger partial charge in [-0.05, 0) is 59.4 Å². The molecular weight excluding hydrogens is 299 g/mol. The first kappa shape index (κ1) is 13.5. The molecule has 0 saturated carbocycles. The fraction of sp³-hybridized carbons (Fsp3) is 0.462. The third-order valence-corrected chi connectivity index (χ3v) is 3.95. The van der Waals surface area contributed by atoms with Gasteiger partial charge < -0.3 is 10.6 Å². The van der Waals surface area contributed by atoms with E-state index in [1.165, 1.54) is 6.07 Å². The lowest BCUT2D eigenvalue weighted by Crippen LogP contribution is -2.39. The molecule has 3 nitrogen and oxygen atoms in total. The fourth-order valence-electron chi connectivity index (χ4n) is 2.18. The smallest absolute Gasteiger partial charge is 0.241 e. The van der Waals surface area contributed by atoms with Crippen molar-refractivity contribution in [3.63, 3.8) is 0 Å². The molecule has 1 aliphatic heterocycles. The van der Waals surface area contributed by atoms with Gasteiger partial charge in [0.15, 0.2) is 0 Å². The second-order valence-corrected chi connectivity index (χ2v) is 5.62. The van der Waals surface area contributed by atoms with Crippen molar-refractivity contribution in [3.8, 4) is 0 Å². The third kappa shape index (κ3) is 2.72. The molecule has 1 aliphatic rings. The average molecular weight is 315 g/mol. The van der Waals surface area contributed by atoms with Gasteiger partial charge in [-0.25, -0.2) is 4.39 Å². The summed E-state index contributed by atoms with van der Waals surface area (Å²) < 4.78 is 13.6. The zero-order chi connectivity index (χ0) is 13.3. The van der Waals surface area contributed by atoms with E-state index in [2.05, 4.69) is 33.5 Å². The van der Waals surface area contributed by atoms with Gasteiger partial charge >= 0.3 is 0 Å². The van der Waals surface area contributed by atoms with E-state index in [0.29, 0.717) is 16.1 Å². The Bertz CT molecular complexity index is 478. The van der Waals surface area contributed by atoms with Crippen LogP contribution in [0.5, 0.6) is 0 Å². The Morgan fingerprint density at radius 2 is 2.28 bits per heavy atom. The van der Waals surface area contributed by atoms with Crippen LogP contribution < -0.4 is 10.6 Å². The summed E-state index contributed by atoms with van der Waals surface area (Å²) in [5.41, 5.74) is 1.36. The minimum Gasteiger partial charge on any atom is -0.324 e. The fourth-order valence-corrected chi connectivity index (χ4v) is 2.52. The predicted molar refractivity (Wildman–Crippen MR) is 73.0 cm³/mol. The minimum atomic E-state index is -0.321. The molecule has 0 spiro atoms. The molecule has 98 valence electrons. The summed E-state index contributed by atoms with van der Waals surface area (Å²) >= 11 is 3.12. The number of carbonyl (C=O) groups is 1. The Hall–Kier alpha value is -0.940. The lowest BCUT2D eigenvalue weighted by Gasteiger charge is -2.17. The Balaban J connectivity index is 2.14. The number of nitrogens with one attached hydrogen (secondary N) is 2. The van der Waals surface area contributed by atoms with Crippen molar-refractivity contribution in [2.24, 2.45) is 5.92 Å². The molecule has 2 rings (SSSR count). The van der Waals surface area contributed by atoms with E-state index in [1.807, 2.05) is 0 Å². The summed E-state index contributed by atoms with van der Waals surface area (Å²) in [6.45, 7) is 4.69. The number of benzene rings is 1. The predicted octanol–water partition coefficient (Wildman–Crippen LogP) is 2.83. The van der Waals surface area contributed by atoms with Crippen LogP contribution >= 0.6 is 15.9 Å². The third-order valence-electron chi connectivity index (χ3n) is 3.34. The minimum absolute atomic E-state index is 0.0541. The van der Waals surface area contributed by atoms with Crippen LogP contribution in [0, 0.1) is 18.7 Å². The normalized spacial score (nSPS) is 23.1.